The van der Waals surface area contributed by atoms with Gasteiger partial charge in [0.2, 0.25) is 0 Å². The first-order valence-electron chi connectivity index (χ1n) is 6.30. The van der Waals surface area contributed by atoms with Crippen LogP contribution in [0.3, 0.4) is 0 Å². The lowest BCUT2D eigenvalue weighted by atomic mass is 9.98. The number of hydrogen-bond donors (Lipinski definition) is 1. The van der Waals surface area contributed by atoms with Crippen LogP contribution in [0.2, 0.25) is 4.34 Å². The first-order chi connectivity index (χ1) is 9.27. The Morgan fingerprint density at radius 3 is 2.55 bits per heavy atom. The van der Waals surface area contributed by atoms with Gasteiger partial charge >= 0.3 is 0 Å². The van der Waals surface area contributed by atoms with Gasteiger partial charge in [-0.25, -0.2) is 4.98 Å². The predicted molar refractivity (Wildman–Crippen MR) is 86.0 cm³/mol. The van der Waals surface area contributed by atoms with Gasteiger partial charge in [0, 0.05) is 10.3 Å². The Kier molecular flexibility index (Phi) is 4.52. The Morgan fingerprint density at radius 2 is 2.05 bits per heavy atom. The Bertz CT molecular complexity index is 613. The van der Waals surface area contributed by atoms with Gasteiger partial charge < -0.3 is 5.32 Å². The fourth-order valence-corrected chi connectivity index (χ4v) is 3.57. The molecule has 2 rings (SSSR count). The molecule has 2 aromatic rings. The van der Waals surface area contributed by atoms with Gasteiger partial charge in [0.15, 0.2) is 0 Å². The number of aromatic nitrogens is 1. The van der Waals surface area contributed by atoms with Crippen LogP contribution in [0, 0.1) is 0 Å². The van der Waals surface area contributed by atoms with E-state index in [2.05, 4.69) is 31.1 Å². The Hall–Kier alpha value is -0.910. The summed E-state index contributed by atoms with van der Waals surface area (Å²) in [6.07, 6.45) is 1.65. The smallest absolute Gasteiger partial charge is 0.263 e. The third-order valence-electron chi connectivity index (χ3n) is 2.74. The van der Waals surface area contributed by atoms with E-state index in [-0.39, 0.29) is 17.4 Å². The second-order valence-electron chi connectivity index (χ2n) is 5.62. The molecule has 0 aromatic carbocycles. The van der Waals surface area contributed by atoms with Crippen LogP contribution in [-0.4, -0.2) is 10.9 Å². The first-order valence-corrected chi connectivity index (χ1v) is 8.31. The molecule has 6 heteroatoms. The van der Waals surface area contributed by atoms with Crippen molar-refractivity contribution in [2.45, 2.75) is 39.2 Å². The number of thiophene rings is 1. The number of amides is 1. The van der Waals surface area contributed by atoms with Crippen LogP contribution in [0.25, 0.3) is 0 Å². The molecular weight excluding hydrogens is 312 g/mol. The number of halogens is 1. The van der Waals surface area contributed by atoms with Crippen LogP contribution < -0.4 is 5.32 Å². The third kappa shape index (κ3) is 3.59. The van der Waals surface area contributed by atoms with Crippen molar-refractivity contribution in [1.82, 2.24) is 10.3 Å². The molecule has 0 aliphatic heterocycles. The molecule has 108 valence electrons. The van der Waals surface area contributed by atoms with Crippen LogP contribution in [-0.2, 0) is 5.41 Å². The summed E-state index contributed by atoms with van der Waals surface area (Å²) in [6, 6.07) is 3.72. The van der Waals surface area contributed by atoms with Crippen LogP contribution in [0.4, 0.5) is 0 Å². The molecule has 0 spiro atoms. The van der Waals surface area contributed by atoms with Gasteiger partial charge in [-0.05, 0) is 19.1 Å². The van der Waals surface area contributed by atoms with Crippen molar-refractivity contribution in [3.8, 4) is 0 Å². The summed E-state index contributed by atoms with van der Waals surface area (Å²) in [4.78, 5) is 18.2. The average Bonchev–Trinajstić information content (AvgIpc) is 2.95. The molecular formula is C14H17ClN2OS2. The minimum Gasteiger partial charge on any atom is -0.344 e. The number of rotatable bonds is 3. The largest absolute Gasteiger partial charge is 0.344 e. The Labute approximate surface area is 132 Å². The zero-order chi connectivity index (χ0) is 14.9. The van der Waals surface area contributed by atoms with Crippen molar-refractivity contribution in [1.29, 1.82) is 0 Å². The number of thiazole rings is 1. The molecule has 0 saturated heterocycles. The molecule has 2 aromatic heterocycles. The highest BCUT2D eigenvalue weighted by Gasteiger charge is 2.21. The SMILES string of the molecule is CC(NC(=O)c1cnc(C(C)(C)C)s1)c1ccc(Cl)s1. The number of nitrogens with zero attached hydrogens (tertiary/aromatic N) is 1. The summed E-state index contributed by atoms with van der Waals surface area (Å²) in [7, 11) is 0. The Balaban J connectivity index is 2.07. The molecule has 1 N–H and O–H groups in total. The van der Waals surface area contributed by atoms with Crippen molar-refractivity contribution >= 4 is 40.2 Å². The van der Waals surface area contributed by atoms with Gasteiger partial charge in [-0.15, -0.1) is 22.7 Å². The predicted octanol–water partition coefficient (Wildman–Crippen LogP) is 4.65. The molecule has 3 nitrogen and oxygen atoms in total. The van der Waals surface area contributed by atoms with Gasteiger partial charge in [-0.3, -0.25) is 4.79 Å². The van der Waals surface area contributed by atoms with Crippen molar-refractivity contribution in [3.63, 3.8) is 0 Å². The fraction of sp³-hybridized carbons (Fsp3) is 0.429. The van der Waals surface area contributed by atoms with Gasteiger partial charge in [-0.1, -0.05) is 32.4 Å². The highest BCUT2D eigenvalue weighted by Crippen LogP contribution is 2.29. The van der Waals surface area contributed by atoms with Gasteiger partial charge in [0.05, 0.1) is 21.6 Å². The first kappa shape index (κ1) is 15.5. The van der Waals surface area contributed by atoms with Crippen LogP contribution in [0.1, 0.15) is 53.3 Å². The van der Waals surface area contributed by atoms with E-state index >= 15 is 0 Å². The number of hydrogen-bond acceptors (Lipinski definition) is 4. The van der Waals surface area contributed by atoms with Gasteiger partial charge in [0.25, 0.3) is 5.91 Å². The normalized spacial score (nSPS) is 13.2. The van der Waals surface area contributed by atoms with Crippen molar-refractivity contribution < 1.29 is 4.79 Å². The maximum atomic E-state index is 12.2. The molecule has 0 radical (unpaired) electrons. The molecule has 1 atom stereocenters. The zero-order valence-corrected chi connectivity index (χ0v) is 14.2. The minimum atomic E-state index is -0.0879. The lowest BCUT2D eigenvalue weighted by molar-refractivity contribution is 0.0944. The van der Waals surface area contributed by atoms with E-state index in [1.54, 1.807) is 6.20 Å². The number of carbonyl (C=O) groups excluding carboxylic acids is 1. The summed E-state index contributed by atoms with van der Waals surface area (Å²) in [5, 5.41) is 3.94. The third-order valence-corrected chi connectivity index (χ3v) is 5.58. The van der Waals surface area contributed by atoms with E-state index in [0.29, 0.717) is 4.88 Å². The summed E-state index contributed by atoms with van der Waals surface area (Å²) in [5.41, 5.74) is -0.0317. The quantitative estimate of drug-likeness (QED) is 0.891. The van der Waals surface area contributed by atoms with Gasteiger partial charge in [-0.2, -0.15) is 0 Å². The van der Waals surface area contributed by atoms with E-state index in [0.717, 1.165) is 14.2 Å². The summed E-state index contributed by atoms with van der Waals surface area (Å²) >= 11 is 8.83. The Morgan fingerprint density at radius 1 is 1.35 bits per heavy atom. The lowest BCUT2D eigenvalue weighted by Gasteiger charge is -2.13. The molecule has 2 heterocycles. The lowest BCUT2D eigenvalue weighted by Crippen LogP contribution is -2.25. The van der Waals surface area contributed by atoms with Crippen molar-refractivity contribution in [2.75, 3.05) is 0 Å². The van der Waals surface area contributed by atoms with E-state index in [9.17, 15) is 4.79 Å². The number of carbonyl (C=O) groups is 1. The minimum absolute atomic E-state index is 0.0317. The molecule has 1 unspecified atom stereocenters. The molecule has 0 fully saturated rings. The summed E-state index contributed by atoms with van der Waals surface area (Å²) in [6.45, 7) is 8.21. The molecule has 0 saturated carbocycles. The average molecular weight is 329 g/mol. The molecule has 1 amide bonds. The van der Waals surface area contributed by atoms with Crippen molar-refractivity contribution in [3.05, 3.63) is 37.4 Å². The maximum absolute atomic E-state index is 12.2. The van der Waals surface area contributed by atoms with E-state index in [1.807, 2.05) is 19.1 Å². The topological polar surface area (TPSA) is 42.0 Å². The zero-order valence-electron chi connectivity index (χ0n) is 11.9. The monoisotopic (exact) mass is 328 g/mol. The van der Waals surface area contributed by atoms with Gasteiger partial charge in [0.1, 0.15) is 4.88 Å². The molecule has 0 aliphatic rings. The van der Waals surface area contributed by atoms with E-state index in [1.165, 1.54) is 22.7 Å². The molecule has 0 bridgehead atoms. The van der Waals surface area contributed by atoms with E-state index in [4.69, 9.17) is 11.6 Å². The number of nitrogens with one attached hydrogen (secondary N) is 1. The van der Waals surface area contributed by atoms with Crippen LogP contribution >= 0.6 is 34.3 Å². The maximum Gasteiger partial charge on any atom is 0.263 e. The molecule has 20 heavy (non-hydrogen) atoms. The fourth-order valence-electron chi connectivity index (χ4n) is 1.63. The highest BCUT2D eigenvalue weighted by molar-refractivity contribution is 7.16. The standard InChI is InChI=1S/C14H17ClN2OS2/c1-8(9-5-6-11(15)19-9)17-12(18)10-7-16-13(20-10)14(2,3)4/h5-8H,1-4H3,(H,17,18). The van der Waals surface area contributed by atoms with Crippen LogP contribution in [0.5, 0.6) is 0 Å². The summed E-state index contributed by atoms with van der Waals surface area (Å²) < 4.78 is 0.730. The van der Waals surface area contributed by atoms with Crippen molar-refractivity contribution in [2.24, 2.45) is 0 Å². The summed E-state index contributed by atoms with van der Waals surface area (Å²) in [5.74, 6) is -0.0879. The molecule has 0 aliphatic carbocycles. The second-order valence-corrected chi connectivity index (χ2v) is 8.39. The second kappa shape index (κ2) is 5.84. The highest BCUT2D eigenvalue weighted by atomic mass is 35.5. The van der Waals surface area contributed by atoms with E-state index < -0.39 is 0 Å². The van der Waals surface area contributed by atoms with Crippen LogP contribution in [0.15, 0.2) is 18.3 Å².